The van der Waals surface area contributed by atoms with Crippen LogP contribution < -0.4 is 5.32 Å². The lowest BCUT2D eigenvalue weighted by Crippen LogP contribution is -2.59. The third kappa shape index (κ3) is 3.61. The lowest BCUT2D eigenvalue weighted by molar-refractivity contribution is 0.0674. The molecule has 0 radical (unpaired) electrons. The van der Waals surface area contributed by atoms with Crippen molar-refractivity contribution in [1.29, 1.82) is 0 Å². The van der Waals surface area contributed by atoms with E-state index in [1.807, 2.05) is 13.1 Å². The largest absolute Gasteiger partial charge is 0.445 e. The Morgan fingerprint density at radius 2 is 2.20 bits per heavy atom. The minimum atomic E-state index is 0.558. The van der Waals surface area contributed by atoms with Gasteiger partial charge in [-0.1, -0.05) is 34.1 Å². The van der Waals surface area contributed by atoms with Gasteiger partial charge in [0.05, 0.1) is 12.7 Å². The Bertz CT molecular complexity index is 416. The monoisotopic (exact) mass is 279 g/mol. The fourth-order valence-corrected chi connectivity index (χ4v) is 3.01. The molecule has 20 heavy (non-hydrogen) atoms. The second-order valence-electron chi connectivity index (χ2n) is 6.51. The zero-order chi connectivity index (χ0) is 14.7. The topological polar surface area (TPSA) is 41.3 Å². The molecule has 2 rings (SSSR count). The average Bonchev–Trinajstić information content (AvgIpc) is 2.82. The second kappa shape index (κ2) is 6.72. The molecule has 114 valence electrons. The summed E-state index contributed by atoms with van der Waals surface area (Å²) < 4.78 is 5.66. The number of nitrogens with zero attached hydrogens (tertiary/aromatic N) is 2. The molecule has 0 saturated carbocycles. The van der Waals surface area contributed by atoms with E-state index in [1.54, 1.807) is 0 Å². The quantitative estimate of drug-likeness (QED) is 0.900. The Kier molecular flexibility index (Phi) is 5.22. The first kappa shape index (κ1) is 15.5. The fourth-order valence-electron chi connectivity index (χ4n) is 3.01. The molecule has 0 bridgehead atoms. The van der Waals surface area contributed by atoms with Crippen LogP contribution in [0.2, 0.25) is 0 Å². The summed E-state index contributed by atoms with van der Waals surface area (Å²) in [6.45, 7) is 14.1. The van der Waals surface area contributed by atoms with Gasteiger partial charge < -0.3 is 9.73 Å². The van der Waals surface area contributed by atoms with E-state index < -0.39 is 0 Å². The number of aryl methyl sites for hydroxylation is 1. The highest BCUT2D eigenvalue weighted by Gasteiger charge is 2.32. The third-order valence-corrected chi connectivity index (χ3v) is 4.60. The van der Waals surface area contributed by atoms with Crippen molar-refractivity contribution in [3.63, 3.8) is 0 Å². The van der Waals surface area contributed by atoms with Crippen LogP contribution in [0.15, 0.2) is 10.6 Å². The van der Waals surface area contributed by atoms with E-state index >= 15 is 0 Å². The lowest BCUT2D eigenvalue weighted by Gasteiger charge is -2.43. The first-order chi connectivity index (χ1) is 9.51. The standard InChI is InChI=1S/C16H29N3O/c1-6-12(4)14-9-19(15(8-17-14)11(2)3)10-16-18-7-13(5)20-16/h7,11-12,14-15,17H,6,8-10H2,1-5H3. The summed E-state index contributed by atoms with van der Waals surface area (Å²) >= 11 is 0. The molecule has 0 amide bonds. The smallest absolute Gasteiger partial charge is 0.208 e. The zero-order valence-corrected chi connectivity index (χ0v) is 13.5. The number of hydrogen-bond acceptors (Lipinski definition) is 4. The summed E-state index contributed by atoms with van der Waals surface area (Å²) in [6, 6.07) is 1.13. The molecular formula is C16H29N3O. The number of hydrogen-bond donors (Lipinski definition) is 1. The number of aromatic nitrogens is 1. The van der Waals surface area contributed by atoms with E-state index in [0.717, 1.165) is 31.3 Å². The van der Waals surface area contributed by atoms with Crippen molar-refractivity contribution in [2.75, 3.05) is 13.1 Å². The van der Waals surface area contributed by atoms with Crippen LogP contribution in [-0.2, 0) is 6.54 Å². The molecule has 1 saturated heterocycles. The van der Waals surface area contributed by atoms with E-state index in [9.17, 15) is 0 Å². The Balaban J connectivity index is 2.06. The van der Waals surface area contributed by atoms with Gasteiger partial charge in [-0.05, 0) is 18.8 Å². The molecular weight excluding hydrogens is 250 g/mol. The van der Waals surface area contributed by atoms with Crippen LogP contribution in [0.25, 0.3) is 0 Å². The van der Waals surface area contributed by atoms with Crippen molar-refractivity contribution < 1.29 is 4.42 Å². The number of nitrogens with one attached hydrogen (secondary N) is 1. The van der Waals surface area contributed by atoms with Crippen molar-refractivity contribution in [2.45, 2.75) is 59.7 Å². The SMILES string of the molecule is CCC(C)C1CN(Cc2ncc(C)o2)C(C(C)C)CN1. The highest BCUT2D eigenvalue weighted by molar-refractivity contribution is 4.95. The van der Waals surface area contributed by atoms with E-state index in [2.05, 4.69) is 42.9 Å². The van der Waals surface area contributed by atoms with Gasteiger partial charge in [-0.3, -0.25) is 4.90 Å². The molecule has 3 atom stereocenters. The van der Waals surface area contributed by atoms with Gasteiger partial charge in [0.1, 0.15) is 5.76 Å². The van der Waals surface area contributed by atoms with Crippen LogP contribution in [0.3, 0.4) is 0 Å². The fraction of sp³-hybridized carbons (Fsp3) is 0.812. The summed E-state index contributed by atoms with van der Waals surface area (Å²) in [5, 5.41) is 3.73. The van der Waals surface area contributed by atoms with Crippen LogP contribution in [0.1, 0.15) is 45.8 Å². The van der Waals surface area contributed by atoms with Gasteiger partial charge in [-0.25, -0.2) is 4.98 Å². The Morgan fingerprint density at radius 3 is 2.75 bits per heavy atom. The van der Waals surface area contributed by atoms with Crippen LogP contribution >= 0.6 is 0 Å². The Labute approximate surface area is 122 Å². The summed E-state index contributed by atoms with van der Waals surface area (Å²) in [6.07, 6.45) is 3.03. The maximum atomic E-state index is 5.66. The van der Waals surface area contributed by atoms with Gasteiger partial charge in [0.25, 0.3) is 0 Å². The van der Waals surface area contributed by atoms with E-state index in [0.29, 0.717) is 23.9 Å². The number of rotatable bonds is 5. The molecule has 1 aliphatic rings. The van der Waals surface area contributed by atoms with Gasteiger partial charge in [0.15, 0.2) is 0 Å². The molecule has 0 aromatic carbocycles. The Hall–Kier alpha value is -0.870. The van der Waals surface area contributed by atoms with Gasteiger partial charge >= 0.3 is 0 Å². The van der Waals surface area contributed by atoms with Crippen LogP contribution in [0.4, 0.5) is 0 Å². The first-order valence-electron chi connectivity index (χ1n) is 7.90. The normalized spacial score (nSPS) is 26.1. The third-order valence-electron chi connectivity index (χ3n) is 4.60. The van der Waals surface area contributed by atoms with Crippen LogP contribution in [-0.4, -0.2) is 35.1 Å². The average molecular weight is 279 g/mol. The predicted octanol–water partition coefficient (Wildman–Crippen LogP) is 2.83. The number of piperazine rings is 1. The first-order valence-corrected chi connectivity index (χ1v) is 7.90. The molecule has 1 aromatic heterocycles. The summed E-state index contributed by atoms with van der Waals surface area (Å²) in [4.78, 5) is 6.91. The molecule has 0 spiro atoms. The zero-order valence-electron chi connectivity index (χ0n) is 13.5. The molecule has 1 N–H and O–H groups in total. The van der Waals surface area contributed by atoms with E-state index in [4.69, 9.17) is 4.42 Å². The van der Waals surface area contributed by atoms with Crippen molar-refractivity contribution in [3.8, 4) is 0 Å². The van der Waals surface area contributed by atoms with Crippen molar-refractivity contribution in [2.24, 2.45) is 11.8 Å². The van der Waals surface area contributed by atoms with Gasteiger partial charge in [-0.2, -0.15) is 0 Å². The van der Waals surface area contributed by atoms with Crippen molar-refractivity contribution in [1.82, 2.24) is 15.2 Å². The molecule has 1 fully saturated rings. The van der Waals surface area contributed by atoms with Gasteiger partial charge in [0, 0.05) is 25.2 Å². The molecule has 4 nitrogen and oxygen atoms in total. The van der Waals surface area contributed by atoms with E-state index in [1.165, 1.54) is 6.42 Å². The van der Waals surface area contributed by atoms with Gasteiger partial charge in [0.2, 0.25) is 5.89 Å². The lowest BCUT2D eigenvalue weighted by atomic mass is 9.92. The summed E-state index contributed by atoms with van der Waals surface area (Å²) in [5.74, 6) is 3.08. The predicted molar refractivity (Wildman–Crippen MR) is 81.5 cm³/mol. The maximum Gasteiger partial charge on any atom is 0.208 e. The Morgan fingerprint density at radius 1 is 1.45 bits per heavy atom. The van der Waals surface area contributed by atoms with Crippen LogP contribution in [0.5, 0.6) is 0 Å². The second-order valence-corrected chi connectivity index (χ2v) is 6.51. The summed E-state index contributed by atoms with van der Waals surface area (Å²) in [5.41, 5.74) is 0. The molecule has 1 aliphatic heterocycles. The highest BCUT2D eigenvalue weighted by atomic mass is 16.4. The summed E-state index contributed by atoms with van der Waals surface area (Å²) in [7, 11) is 0. The van der Waals surface area contributed by atoms with E-state index in [-0.39, 0.29) is 0 Å². The molecule has 3 unspecified atom stereocenters. The van der Waals surface area contributed by atoms with Crippen molar-refractivity contribution >= 4 is 0 Å². The minimum absolute atomic E-state index is 0.558. The maximum absolute atomic E-state index is 5.66. The minimum Gasteiger partial charge on any atom is -0.445 e. The van der Waals surface area contributed by atoms with Crippen LogP contribution in [0, 0.1) is 18.8 Å². The van der Waals surface area contributed by atoms with Crippen molar-refractivity contribution in [3.05, 3.63) is 17.8 Å². The molecule has 0 aliphatic carbocycles. The molecule has 1 aromatic rings. The highest BCUT2D eigenvalue weighted by Crippen LogP contribution is 2.21. The molecule has 4 heteroatoms. The number of oxazole rings is 1. The molecule has 2 heterocycles. The van der Waals surface area contributed by atoms with Gasteiger partial charge in [-0.15, -0.1) is 0 Å².